The van der Waals surface area contributed by atoms with Gasteiger partial charge in [0.05, 0.1) is 17.8 Å². The highest BCUT2D eigenvalue weighted by Crippen LogP contribution is 2.41. The van der Waals surface area contributed by atoms with Crippen LogP contribution in [0.3, 0.4) is 0 Å². The molecule has 248 valence electrons. The van der Waals surface area contributed by atoms with Gasteiger partial charge in [-0.3, -0.25) is 4.90 Å². The van der Waals surface area contributed by atoms with Crippen LogP contribution in [0, 0.1) is 0 Å². The number of fused-ring (bicyclic) bond motifs is 3. The van der Waals surface area contributed by atoms with Gasteiger partial charge >= 0.3 is 18.1 Å². The summed E-state index contributed by atoms with van der Waals surface area (Å²) in [6, 6.07) is 13.4. The molecule has 0 aliphatic carbocycles. The molecule has 6 heterocycles. The van der Waals surface area contributed by atoms with E-state index in [1.54, 1.807) is 0 Å². The summed E-state index contributed by atoms with van der Waals surface area (Å²) in [6.45, 7) is 7.58. The third-order valence-electron chi connectivity index (χ3n) is 10.8. The van der Waals surface area contributed by atoms with Gasteiger partial charge < -0.3 is 19.1 Å². The van der Waals surface area contributed by atoms with Gasteiger partial charge in [-0.15, -0.1) is 0 Å². The van der Waals surface area contributed by atoms with Crippen molar-refractivity contribution in [3.8, 4) is 6.01 Å². The van der Waals surface area contributed by atoms with Crippen molar-refractivity contribution in [3.05, 3.63) is 64.9 Å². The second kappa shape index (κ2) is 11.9. The number of piperidine rings is 1. The predicted molar refractivity (Wildman–Crippen MR) is 172 cm³/mol. The SMILES string of the molecule is CCc1cccc2cccc(N3CCc4c(nc(OCC56CCCN5CCC6)nc4N4CCCC(c5noc(C(F)(F)F)n5)C4)C3)c12. The molecule has 9 nitrogen and oxygen atoms in total. The lowest BCUT2D eigenvalue weighted by molar-refractivity contribution is -0.159. The van der Waals surface area contributed by atoms with Gasteiger partial charge in [0.1, 0.15) is 12.4 Å². The molecule has 0 N–H and O–H groups in total. The van der Waals surface area contributed by atoms with Crippen LogP contribution in [0.2, 0.25) is 0 Å². The largest absolute Gasteiger partial charge is 0.471 e. The molecule has 3 saturated heterocycles. The monoisotopic (exact) mass is 647 g/mol. The molecule has 12 heteroatoms. The van der Waals surface area contributed by atoms with Gasteiger partial charge in [-0.25, -0.2) is 0 Å². The van der Waals surface area contributed by atoms with Gasteiger partial charge in [-0.2, -0.15) is 28.1 Å². The molecule has 0 spiro atoms. The van der Waals surface area contributed by atoms with Crippen molar-refractivity contribution < 1.29 is 22.4 Å². The third-order valence-corrected chi connectivity index (χ3v) is 10.8. The quantitative estimate of drug-likeness (QED) is 0.222. The Morgan fingerprint density at radius 1 is 0.957 bits per heavy atom. The van der Waals surface area contributed by atoms with Crippen molar-refractivity contribution >= 4 is 22.3 Å². The zero-order valence-electron chi connectivity index (χ0n) is 26.7. The van der Waals surface area contributed by atoms with Gasteiger partial charge in [0, 0.05) is 42.2 Å². The molecule has 0 radical (unpaired) electrons. The summed E-state index contributed by atoms with van der Waals surface area (Å²) in [5.41, 5.74) is 4.60. The molecule has 4 aliphatic heterocycles. The standard InChI is InChI=1S/C35H40F3N7O2/c1-2-23-8-3-9-24-10-4-12-28(29(23)24)43-19-13-26-27(21-43)39-33(46-22-34-14-6-17-45(34)18-7-15-34)41-31(26)44-16-5-11-25(20-44)30-40-32(47-42-30)35(36,37)38/h3-4,8-10,12,25H,2,5-7,11,13-22H2,1H3. The Balaban J connectivity index is 1.13. The van der Waals surface area contributed by atoms with E-state index >= 15 is 0 Å². The minimum Gasteiger partial charge on any atom is -0.461 e. The molecule has 1 unspecified atom stereocenters. The minimum absolute atomic E-state index is 0.0516. The molecular weight excluding hydrogens is 607 g/mol. The van der Waals surface area contributed by atoms with Crippen LogP contribution in [0.4, 0.5) is 24.7 Å². The first kappa shape index (κ1) is 30.4. The van der Waals surface area contributed by atoms with Crippen LogP contribution >= 0.6 is 0 Å². The lowest BCUT2D eigenvalue weighted by Crippen LogP contribution is -2.44. The van der Waals surface area contributed by atoms with E-state index in [2.05, 4.69) is 72.7 Å². The number of nitrogens with zero attached hydrogens (tertiary/aromatic N) is 7. The van der Waals surface area contributed by atoms with Gasteiger partial charge in [-0.1, -0.05) is 42.4 Å². The Hall–Kier alpha value is -3.93. The van der Waals surface area contributed by atoms with E-state index in [1.807, 2.05) is 0 Å². The second-order valence-corrected chi connectivity index (χ2v) is 13.5. The predicted octanol–water partition coefficient (Wildman–Crippen LogP) is 6.55. The Labute approximate surface area is 272 Å². The summed E-state index contributed by atoms with van der Waals surface area (Å²) >= 11 is 0. The number of benzene rings is 2. The lowest BCUT2D eigenvalue weighted by atomic mass is 9.95. The summed E-state index contributed by atoms with van der Waals surface area (Å²) in [5, 5.41) is 6.24. The highest BCUT2D eigenvalue weighted by Gasteiger charge is 2.45. The molecule has 3 fully saturated rings. The highest BCUT2D eigenvalue weighted by atomic mass is 19.4. The summed E-state index contributed by atoms with van der Waals surface area (Å²) in [5.74, 6) is -0.692. The van der Waals surface area contributed by atoms with Crippen LogP contribution in [0.15, 0.2) is 40.9 Å². The van der Waals surface area contributed by atoms with Crippen molar-refractivity contribution in [1.82, 2.24) is 25.0 Å². The third kappa shape index (κ3) is 5.58. The van der Waals surface area contributed by atoms with E-state index < -0.39 is 12.1 Å². The Morgan fingerprint density at radius 2 is 1.77 bits per heavy atom. The van der Waals surface area contributed by atoms with E-state index in [-0.39, 0.29) is 17.3 Å². The van der Waals surface area contributed by atoms with Gasteiger partial charge in [0.15, 0.2) is 5.82 Å². The fourth-order valence-corrected chi connectivity index (χ4v) is 8.43. The van der Waals surface area contributed by atoms with Crippen LogP contribution in [0.25, 0.3) is 10.8 Å². The molecule has 2 aromatic heterocycles. The first-order chi connectivity index (χ1) is 22.8. The maximum Gasteiger partial charge on any atom is 0.471 e. The molecule has 4 aromatic rings. The topological polar surface area (TPSA) is 83.7 Å². The first-order valence-electron chi connectivity index (χ1n) is 17.0. The van der Waals surface area contributed by atoms with Gasteiger partial charge in [-0.05, 0) is 81.5 Å². The Bertz CT molecular complexity index is 1760. The van der Waals surface area contributed by atoms with Crippen molar-refractivity contribution in [2.45, 2.75) is 82.5 Å². The molecule has 4 aliphatic rings. The second-order valence-electron chi connectivity index (χ2n) is 13.5. The van der Waals surface area contributed by atoms with E-state index in [4.69, 9.17) is 14.7 Å². The highest BCUT2D eigenvalue weighted by molar-refractivity contribution is 5.97. The number of aromatic nitrogens is 4. The number of rotatable bonds is 7. The molecule has 47 heavy (non-hydrogen) atoms. The smallest absolute Gasteiger partial charge is 0.461 e. The number of anilines is 2. The fourth-order valence-electron chi connectivity index (χ4n) is 8.43. The van der Waals surface area contributed by atoms with Crippen LogP contribution < -0.4 is 14.5 Å². The van der Waals surface area contributed by atoms with Crippen molar-refractivity contribution in [2.24, 2.45) is 0 Å². The van der Waals surface area contributed by atoms with Crippen molar-refractivity contribution in [1.29, 1.82) is 0 Å². The lowest BCUT2D eigenvalue weighted by Gasteiger charge is -2.37. The van der Waals surface area contributed by atoms with Gasteiger partial charge in [0.25, 0.3) is 0 Å². The van der Waals surface area contributed by atoms with Crippen LogP contribution in [-0.2, 0) is 25.6 Å². The average Bonchev–Trinajstić information content (AvgIpc) is 3.83. The molecule has 8 rings (SSSR count). The molecule has 0 amide bonds. The van der Waals surface area contributed by atoms with E-state index in [9.17, 15) is 13.2 Å². The summed E-state index contributed by atoms with van der Waals surface area (Å²) < 4.78 is 50.8. The van der Waals surface area contributed by atoms with Crippen LogP contribution in [0.1, 0.15) is 79.9 Å². The Kier molecular flexibility index (Phi) is 7.73. The Morgan fingerprint density at radius 3 is 2.53 bits per heavy atom. The van der Waals surface area contributed by atoms with Crippen LogP contribution in [0.5, 0.6) is 6.01 Å². The maximum atomic E-state index is 13.2. The van der Waals surface area contributed by atoms with E-state index in [0.717, 1.165) is 75.4 Å². The molecular formula is C35H40F3N7O2. The molecule has 1 atom stereocenters. The number of alkyl halides is 3. The number of hydrogen-bond acceptors (Lipinski definition) is 9. The van der Waals surface area contributed by atoms with Crippen molar-refractivity contribution in [3.63, 3.8) is 0 Å². The van der Waals surface area contributed by atoms with Crippen LogP contribution in [-0.4, -0.2) is 69.9 Å². The number of ether oxygens (including phenoxy) is 1. The molecule has 2 aromatic carbocycles. The first-order valence-corrected chi connectivity index (χ1v) is 17.0. The van der Waals surface area contributed by atoms with Crippen molar-refractivity contribution in [2.75, 3.05) is 49.1 Å². The van der Waals surface area contributed by atoms with E-state index in [1.165, 1.54) is 34.9 Å². The molecule has 0 bridgehead atoms. The normalized spacial score (nSPS) is 21.3. The zero-order valence-corrected chi connectivity index (χ0v) is 26.7. The maximum absolute atomic E-state index is 13.2. The fraction of sp³-hybridized carbons (Fsp3) is 0.543. The van der Waals surface area contributed by atoms with Gasteiger partial charge in [0.2, 0.25) is 0 Å². The van der Waals surface area contributed by atoms with E-state index in [0.29, 0.717) is 32.1 Å². The number of hydrogen-bond donors (Lipinski definition) is 0. The molecule has 0 saturated carbocycles. The summed E-state index contributed by atoms with van der Waals surface area (Å²) in [6.07, 6.45) is 3.08. The summed E-state index contributed by atoms with van der Waals surface area (Å²) in [4.78, 5) is 21.0. The zero-order chi connectivity index (χ0) is 32.2. The number of halogens is 3. The average molecular weight is 648 g/mol. The summed E-state index contributed by atoms with van der Waals surface area (Å²) in [7, 11) is 0. The number of aryl methyl sites for hydroxylation is 1. The minimum atomic E-state index is -4.67.